The highest BCUT2D eigenvalue weighted by molar-refractivity contribution is 6.34. The molecule has 0 spiro atoms. The zero-order valence-corrected chi connectivity index (χ0v) is 11.8. The van der Waals surface area contributed by atoms with Crippen LogP contribution >= 0.6 is 11.6 Å². The highest BCUT2D eigenvalue weighted by atomic mass is 35.5. The van der Waals surface area contributed by atoms with Gasteiger partial charge in [0.15, 0.2) is 11.6 Å². The number of benzene rings is 2. The van der Waals surface area contributed by atoms with E-state index in [1.165, 1.54) is 12.1 Å². The van der Waals surface area contributed by atoms with E-state index >= 15 is 0 Å². The van der Waals surface area contributed by atoms with Crippen molar-refractivity contribution >= 4 is 23.2 Å². The van der Waals surface area contributed by atoms with Crippen LogP contribution in [0.15, 0.2) is 36.4 Å². The zero-order chi connectivity index (χ0) is 17.2. The second kappa shape index (κ2) is 6.41. The lowest BCUT2D eigenvalue weighted by molar-refractivity contribution is -0.274. The van der Waals surface area contributed by atoms with Crippen molar-refractivity contribution in [2.45, 2.75) is 6.36 Å². The number of halogens is 6. The number of hydrogen-bond donors (Lipinski definition) is 1. The summed E-state index contributed by atoms with van der Waals surface area (Å²) in [5.41, 5.74) is -0.412. The van der Waals surface area contributed by atoms with Gasteiger partial charge in [0.2, 0.25) is 0 Å². The molecule has 0 bridgehead atoms. The molecule has 0 aromatic heterocycles. The lowest BCUT2D eigenvalue weighted by Gasteiger charge is -2.11. The first kappa shape index (κ1) is 17.0. The summed E-state index contributed by atoms with van der Waals surface area (Å²) >= 11 is 5.64. The Balaban J connectivity index is 2.21. The maximum absolute atomic E-state index is 13.1. The molecule has 2 aromatic rings. The number of carbonyl (C=O) groups excluding carboxylic acids is 1. The van der Waals surface area contributed by atoms with Gasteiger partial charge in [0, 0.05) is 11.8 Å². The summed E-state index contributed by atoms with van der Waals surface area (Å²) in [6, 6.07) is 5.66. The fourth-order valence-corrected chi connectivity index (χ4v) is 1.90. The standard InChI is InChI=1S/C14H7ClF5NO2/c15-10-6-12(17)11(16)5-9(10)13(22)21-7-2-1-3-8(4-7)23-14(18,19)20/h1-6H,(H,21,22). The summed E-state index contributed by atoms with van der Waals surface area (Å²) in [7, 11) is 0. The monoisotopic (exact) mass is 351 g/mol. The quantitative estimate of drug-likeness (QED) is 0.639. The molecular weight excluding hydrogens is 345 g/mol. The SMILES string of the molecule is O=C(Nc1cccc(OC(F)(F)F)c1)c1cc(F)c(F)cc1Cl. The number of rotatable bonds is 3. The maximum Gasteiger partial charge on any atom is 0.573 e. The molecular formula is C14H7ClF5NO2. The Morgan fingerprint density at radius 2 is 1.74 bits per heavy atom. The van der Waals surface area contributed by atoms with Gasteiger partial charge in [-0.25, -0.2) is 8.78 Å². The first-order valence-electron chi connectivity index (χ1n) is 5.97. The molecule has 0 aliphatic rings. The smallest absolute Gasteiger partial charge is 0.406 e. The molecule has 0 fully saturated rings. The van der Waals surface area contributed by atoms with Crippen molar-refractivity contribution in [3.63, 3.8) is 0 Å². The second-order valence-electron chi connectivity index (χ2n) is 4.28. The van der Waals surface area contributed by atoms with Gasteiger partial charge in [-0.2, -0.15) is 0 Å². The van der Waals surface area contributed by atoms with Crippen LogP contribution in [-0.4, -0.2) is 12.3 Å². The van der Waals surface area contributed by atoms with Crippen molar-refractivity contribution in [3.05, 3.63) is 58.6 Å². The molecule has 0 heterocycles. The lowest BCUT2D eigenvalue weighted by atomic mass is 10.2. The maximum atomic E-state index is 13.1. The molecule has 1 amide bonds. The zero-order valence-electron chi connectivity index (χ0n) is 11.0. The number of nitrogens with one attached hydrogen (secondary N) is 1. The van der Waals surface area contributed by atoms with Crippen LogP contribution < -0.4 is 10.1 Å². The second-order valence-corrected chi connectivity index (χ2v) is 4.68. The lowest BCUT2D eigenvalue weighted by Crippen LogP contribution is -2.17. The highest BCUT2D eigenvalue weighted by Crippen LogP contribution is 2.26. The highest BCUT2D eigenvalue weighted by Gasteiger charge is 2.31. The van der Waals surface area contributed by atoms with Crippen molar-refractivity contribution in [3.8, 4) is 5.75 Å². The van der Waals surface area contributed by atoms with Crippen LogP contribution in [0.25, 0.3) is 0 Å². The minimum atomic E-state index is -4.88. The number of anilines is 1. The minimum Gasteiger partial charge on any atom is -0.406 e. The number of amides is 1. The third-order valence-corrected chi connectivity index (χ3v) is 2.89. The average molecular weight is 352 g/mol. The summed E-state index contributed by atoms with van der Waals surface area (Å²) in [5, 5.41) is 1.87. The summed E-state index contributed by atoms with van der Waals surface area (Å²) in [4.78, 5) is 11.9. The van der Waals surface area contributed by atoms with E-state index in [0.29, 0.717) is 12.1 Å². The molecule has 2 rings (SSSR count). The fraction of sp³-hybridized carbons (Fsp3) is 0.0714. The van der Waals surface area contributed by atoms with Gasteiger partial charge in [-0.05, 0) is 24.3 Å². The number of carbonyl (C=O) groups is 1. The van der Waals surface area contributed by atoms with E-state index in [1.54, 1.807) is 0 Å². The van der Waals surface area contributed by atoms with Gasteiger partial charge >= 0.3 is 6.36 Å². The Morgan fingerprint density at radius 3 is 2.39 bits per heavy atom. The molecule has 122 valence electrons. The van der Waals surface area contributed by atoms with E-state index in [9.17, 15) is 26.7 Å². The number of alkyl halides is 3. The predicted molar refractivity (Wildman–Crippen MR) is 72.4 cm³/mol. The topological polar surface area (TPSA) is 38.3 Å². The van der Waals surface area contributed by atoms with Gasteiger partial charge in [-0.3, -0.25) is 4.79 Å². The first-order valence-corrected chi connectivity index (χ1v) is 6.35. The van der Waals surface area contributed by atoms with Crippen molar-refractivity contribution < 1.29 is 31.5 Å². The van der Waals surface area contributed by atoms with E-state index in [1.807, 2.05) is 0 Å². The molecule has 0 saturated carbocycles. The molecule has 2 aromatic carbocycles. The summed E-state index contributed by atoms with van der Waals surface area (Å²) in [6.45, 7) is 0. The van der Waals surface area contributed by atoms with Crippen molar-refractivity contribution in [2.24, 2.45) is 0 Å². The first-order chi connectivity index (χ1) is 10.7. The molecule has 0 radical (unpaired) electrons. The molecule has 0 aliphatic carbocycles. The minimum absolute atomic E-state index is 0.0439. The van der Waals surface area contributed by atoms with E-state index in [0.717, 1.165) is 12.1 Å². The van der Waals surface area contributed by atoms with E-state index < -0.39 is 29.7 Å². The summed E-state index contributed by atoms with van der Waals surface area (Å²) in [5.74, 6) is -3.98. The van der Waals surface area contributed by atoms with Crippen LogP contribution in [0.1, 0.15) is 10.4 Å². The van der Waals surface area contributed by atoms with Gasteiger partial charge in [0.1, 0.15) is 5.75 Å². The summed E-state index contributed by atoms with van der Waals surface area (Å²) in [6.07, 6.45) is -4.88. The largest absolute Gasteiger partial charge is 0.573 e. The molecule has 0 atom stereocenters. The Bertz CT molecular complexity index is 748. The molecule has 1 N–H and O–H groups in total. The van der Waals surface area contributed by atoms with Gasteiger partial charge in [0.05, 0.1) is 10.6 Å². The molecule has 0 unspecified atom stereocenters. The molecule has 9 heteroatoms. The summed E-state index contributed by atoms with van der Waals surface area (Å²) < 4.78 is 66.2. The van der Waals surface area contributed by atoms with Crippen molar-refractivity contribution in [1.82, 2.24) is 0 Å². The fourth-order valence-electron chi connectivity index (χ4n) is 1.67. The Hall–Kier alpha value is -2.35. The molecule has 3 nitrogen and oxygen atoms in total. The Morgan fingerprint density at radius 1 is 1.09 bits per heavy atom. The van der Waals surface area contributed by atoms with Gasteiger partial charge in [-0.15, -0.1) is 13.2 Å². The predicted octanol–water partition coefficient (Wildman–Crippen LogP) is 4.77. The normalized spacial score (nSPS) is 11.2. The van der Waals surface area contributed by atoms with E-state index in [2.05, 4.69) is 10.1 Å². The van der Waals surface area contributed by atoms with Gasteiger partial charge in [0.25, 0.3) is 5.91 Å². The third kappa shape index (κ3) is 4.56. The van der Waals surface area contributed by atoms with Crippen LogP contribution in [0, 0.1) is 11.6 Å². The van der Waals surface area contributed by atoms with Crippen LogP contribution in [0.2, 0.25) is 5.02 Å². The van der Waals surface area contributed by atoms with Crippen molar-refractivity contribution in [2.75, 3.05) is 5.32 Å². The van der Waals surface area contributed by atoms with Gasteiger partial charge in [-0.1, -0.05) is 17.7 Å². The van der Waals surface area contributed by atoms with Crippen molar-refractivity contribution in [1.29, 1.82) is 0 Å². The average Bonchev–Trinajstić information content (AvgIpc) is 2.41. The molecule has 23 heavy (non-hydrogen) atoms. The van der Waals surface area contributed by atoms with Gasteiger partial charge < -0.3 is 10.1 Å². The number of ether oxygens (including phenoxy) is 1. The van der Waals surface area contributed by atoms with Crippen LogP contribution in [0.5, 0.6) is 5.75 Å². The Kier molecular flexibility index (Phi) is 4.74. The molecule has 0 aliphatic heterocycles. The van der Waals surface area contributed by atoms with Crippen LogP contribution in [-0.2, 0) is 0 Å². The van der Waals surface area contributed by atoms with Crippen LogP contribution in [0.4, 0.5) is 27.6 Å². The van der Waals surface area contributed by atoms with E-state index in [-0.39, 0.29) is 16.3 Å². The third-order valence-electron chi connectivity index (χ3n) is 2.58. The van der Waals surface area contributed by atoms with E-state index in [4.69, 9.17) is 11.6 Å². The molecule has 0 saturated heterocycles. The number of hydrogen-bond acceptors (Lipinski definition) is 2. The Labute approximate surface area is 131 Å². The van der Waals surface area contributed by atoms with Crippen LogP contribution in [0.3, 0.4) is 0 Å².